The van der Waals surface area contributed by atoms with Crippen molar-refractivity contribution in [1.82, 2.24) is 24.4 Å². The number of hydrogen-bond donors (Lipinski definition) is 2. The smallest absolute Gasteiger partial charge is 0.333 e. The van der Waals surface area contributed by atoms with Gasteiger partial charge in [0.1, 0.15) is 11.5 Å². The van der Waals surface area contributed by atoms with Gasteiger partial charge in [0.15, 0.2) is 5.03 Å². The number of pyridine rings is 1. The van der Waals surface area contributed by atoms with Gasteiger partial charge in [0.25, 0.3) is 15.9 Å². The summed E-state index contributed by atoms with van der Waals surface area (Å²) < 4.78 is 49.1. The van der Waals surface area contributed by atoms with Gasteiger partial charge in [-0.25, -0.2) is 18.9 Å². The van der Waals surface area contributed by atoms with Gasteiger partial charge in [-0.15, -0.1) is 0 Å². The van der Waals surface area contributed by atoms with E-state index in [9.17, 15) is 22.4 Å². The molecule has 1 aromatic carbocycles. The fourth-order valence-electron chi connectivity index (χ4n) is 3.65. The summed E-state index contributed by atoms with van der Waals surface area (Å²) in [5, 5.41) is 5.93. The van der Waals surface area contributed by atoms with Gasteiger partial charge in [0.05, 0.1) is 11.8 Å². The summed E-state index contributed by atoms with van der Waals surface area (Å²) in [6.07, 6.45) is 1.35. The van der Waals surface area contributed by atoms with Gasteiger partial charge in [0, 0.05) is 74.6 Å². The number of nitrogens with zero attached hydrogens (tertiary/aromatic N) is 4. The van der Waals surface area contributed by atoms with Gasteiger partial charge in [-0.1, -0.05) is 13.8 Å². The first kappa shape index (κ1) is 32.2. The standard InChI is InChI=1S/C25H31FN6O5S.Na/c1-14(2)18-11-17(26)12-19(16-8-9-27-21(10-16)37-15(3)4)23(18)28-25(34)30-38(35,36)22-13-20(32(7)29-22)24(33)31(5)6;/h8-15H,1-7H3,(H2,28,30,34);. The maximum absolute atomic E-state index is 14.6. The van der Waals surface area contributed by atoms with E-state index in [0.29, 0.717) is 22.6 Å². The van der Waals surface area contributed by atoms with Crippen LogP contribution in [0.1, 0.15) is 49.7 Å². The number of benzene rings is 1. The van der Waals surface area contributed by atoms with Crippen LogP contribution in [0.4, 0.5) is 14.9 Å². The van der Waals surface area contributed by atoms with Gasteiger partial charge in [-0.2, -0.15) is 13.5 Å². The van der Waals surface area contributed by atoms with E-state index in [4.69, 9.17) is 4.74 Å². The number of rotatable bonds is 8. The molecule has 11 nitrogen and oxygen atoms in total. The Balaban J connectivity index is 0.00000533. The number of sulfonamides is 1. The number of halogens is 1. The largest absolute Gasteiger partial charge is 0.475 e. The molecular weight excluding hydrogens is 538 g/mol. The monoisotopic (exact) mass is 569 g/mol. The predicted octanol–water partition coefficient (Wildman–Crippen LogP) is 3.36. The maximum Gasteiger partial charge on any atom is 0.333 e. The van der Waals surface area contributed by atoms with Crippen molar-refractivity contribution in [2.45, 2.75) is 44.7 Å². The van der Waals surface area contributed by atoms with Crippen LogP contribution in [0.3, 0.4) is 0 Å². The second-order valence-corrected chi connectivity index (χ2v) is 11.0. The molecule has 0 aliphatic carbocycles. The predicted molar refractivity (Wildman–Crippen MR) is 146 cm³/mol. The van der Waals surface area contributed by atoms with Crippen LogP contribution in [0.15, 0.2) is 41.6 Å². The molecule has 39 heavy (non-hydrogen) atoms. The molecule has 0 spiro atoms. The molecule has 0 saturated heterocycles. The Morgan fingerprint density at radius 2 is 1.77 bits per heavy atom. The minimum absolute atomic E-state index is 0. The number of amides is 3. The van der Waals surface area contributed by atoms with Gasteiger partial charge >= 0.3 is 6.03 Å². The van der Waals surface area contributed by atoms with E-state index in [1.165, 1.54) is 44.4 Å². The van der Waals surface area contributed by atoms with E-state index in [0.717, 1.165) is 10.7 Å². The summed E-state index contributed by atoms with van der Waals surface area (Å²) in [5.41, 5.74) is 1.52. The Bertz CT molecular complexity index is 1470. The minimum atomic E-state index is -4.45. The van der Waals surface area contributed by atoms with Crippen LogP contribution in [0.25, 0.3) is 11.1 Å². The summed E-state index contributed by atoms with van der Waals surface area (Å²) in [4.78, 5) is 30.7. The van der Waals surface area contributed by atoms with Crippen molar-refractivity contribution >= 4 is 57.2 Å². The molecule has 2 N–H and O–H groups in total. The second-order valence-electron chi connectivity index (χ2n) is 9.37. The zero-order valence-corrected chi connectivity index (χ0v) is 26.1. The van der Waals surface area contributed by atoms with Gasteiger partial charge < -0.3 is 15.0 Å². The fraction of sp³-hybridized carbons (Fsp3) is 0.360. The first-order chi connectivity index (χ1) is 17.7. The Labute approximate surface area is 249 Å². The van der Waals surface area contributed by atoms with Gasteiger partial charge in [0.2, 0.25) is 5.88 Å². The molecule has 14 heteroatoms. The molecule has 2 aromatic heterocycles. The van der Waals surface area contributed by atoms with E-state index in [1.54, 1.807) is 12.1 Å². The van der Waals surface area contributed by atoms with Gasteiger partial charge in [-0.3, -0.25) is 9.48 Å². The van der Waals surface area contributed by atoms with Crippen LogP contribution in [-0.4, -0.2) is 89.8 Å². The third kappa shape index (κ3) is 7.78. The molecule has 1 radical (unpaired) electrons. The average molecular weight is 570 g/mol. The number of carbonyl (C=O) groups excluding carboxylic acids is 2. The van der Waals surface area contributed by atoms with Crippen molar-refractivity contribution in [2.75, 3.05) is 19.4 Å². The average Bonchev–Trinajstić information content (AvgIpc) is 3.21. The second kappa shape index (κ2) is 12.9. The molecule has 0 bridgehead atoms. The molecule has 2 heterocycles. The first-order valence-corrected chi connectivity index (χ1v) is 13.2. The van der Waals surface area contributed by atoms with E-state index in [2.05, 4.69) is 15.4 Å². The summed E-state index contributed by atoms with van der Waals surface area (Å²) >= 11 is 0. The number of urea groups is 1. The van der Waals surface area contributed by atoms with Crippen molar-refractivity contribution in [3.63, 3.8) is 0 Å². The summed E-state index contributed by atoms with van der Waals surface area (Å²) in [6, 6.07) is 5.75. The molecule has 3 rings (SSSR count). The van der Waals surface area contributed by atoms with E-state index < -0.39 is 32.8 Å². The van der Waals surface area contributed by atoms with Crippen molar-refractivity contribution in [3.8, 4) is 17.0 Å². The Hall–Kier alpha value is -3.00. The van der Waals surface area contributed by atoms with Crippen LogP contribution in [0, 0.1) is 5.82 Å². The van der Waals surface area contributed by atoms with Crippen LogP contribution < -0.4 is 14.8 Å². The van der Waals surface area contributed by atoms with Crippen LogP contribution in [0.2, 0.25) is 0 Å². The Morgan fingerprint density at radius 1 is 1.10 bits per heavy atom. The molecule has 0 aliphatic rings. The third-order valence-corrected chi connectivity index (χ3v) is 6.59. The van der Waals surface area contributed by atoms with Crippen molar-refractivity contribution < 1.29 is 27.1 Å². The number of carbonyl (C=O) groups is 2. The number of ether oxygens (including phenoxy) is 1. The summed E-state index contributed by atoms with van der Waals surface area (Å²) in [6.45, 7) is 7.31. The molecule has 0 atom stereocenters. The fourth-order valence-corrected chi connectivity index (χ4v) is 4.54. The molecular formula is C25H31FN6NaO5S. The van der Waals surface area contributed by atoms with Crippen LogP contribution in [0.5, 0.6) is 5.88 Å². The normalized spacial score (nSPS) is 11.2. The Morgan fingerprint density at radius 3 is 2.36 bits per heavy atom. The molecule has 0 aliphatic heterocycles. The maximum atomic E-state index is 14.6. The number of aromatic nitrogens is 3. The van der Waals surface area contributed by atoms with Crippen LogP contribution in [-0.2, 0) is 17.1 Å². The molecule has 0 saturated carbocycles. The van der Waals surface area contributed by atoms with E-state index in [-0.39, 0.29) is 53.0 Å². The summed E-state index contributed by atoms with van der Waals surface area (Å²) in [5.74, 6) is -0.900. The van der Waals surface area contributed by atoms with E-state index in [1.807, 2.05) is 32.4 Å². The molecule has 3 aromatic rings. The zero-order chi connectivity index (χ0) is 28.4. The number of nitrogens with one attached hydrogen (secondary N) is 2. The minimum Gasteiger partial charge on any atom is -0.475 e. The summed E-state index contributed by atoms with van der Waals surface area (Å²) in [7, 11) is 0.00265. The zero-order valence-electron chi connectivity index (χ0n) is 23.2. The molecule has 0 unspecified atom stereocenters. The topological polar surface area (TPSA) is 136 Å². The molecule has 205 valence electrons. The Kier molecular flexibility index (Phi) is 10.7. The molecule has 3 amide bonds. The quantitative estimate of drug-likeness (QED) is 0.397. The number of hydrogen-bond acceptors (Lipinski definition) is 7. The number of anilines is 1. The first-order valence-electron chi connectivity index (χ1n) is 11.8. The number of aryl methyl sites for hydroxylation is 1. The van der Waals surface area contributed by atoms with Crippen molar-refractivity contribution in [1.29, 1.82) is 0 Å². The van der Waals surface area contributed by atoms with Crippen molar-refractivity contribution in [3.05, 3.63) is 53.6 Å². The van der Waals surface area contributed by atoms with E-state index >= 15 is 0 Å². The van der Waals surface area contributed by atoms with Crippen molar-refractivity contribution in [2.24, 2.45) is 7.05 Å². The molecule has 0 fully saturated rings. The van der Waals surface area contributed by atoms with Crippen LogP contribution >= 0.6 is 0 Å². The third-order valence-electron chi connectivity index (χ3n) is 5.38. The van der Waals surface area contributed by atoms with Gasteiger partial charge in [-0.05, 0) is 49.1 Å². The SMILES string of the molecule is CC(C)Oc1cc(-c2cc(F)cc(C(C)C)c2NC(=O)NS(=O)(=O)c2cc(C(=O)N(C)C)n(C)n2)ccn1.[Na].